The number of hydrogen-bond acceptors (Lipinski definition) is 4. The first kappa shape index (κ1) is 16.0. The SMILES string of the molecule is CCCNC(=O)Cc1csc(SCc2ccccc2F)n1. The topological polar surface area (TPSA) is 42.0 Å². The van der Waals surface area contributed by atoms with Crippen LogP contribution in [0.5, 0.6) is 0 Å². The van der Waals surface area contributed by atoms with Crippen molar-refractivity contribution in [2.45, 2.75) is 29.9 Å². The van der Waals surface area contributed by atoms with E-state index in [-0.39, 0.29) is 11.7 Å². The van der Waals surface area contributed by atoms with Crippen LogP contribution in [0.3, 0.4) is 0 Å². The zero-order chi connectivity index (χ0) is 15.1. The summed E-state index contributed by atoms with van der Waals surface area (Å²) >= 11 is 2.98. The molecule has 112 valence electrons. The highest BCUT2D eigenvalue weighted by Gasteiger charge is 2.08. The number of thiazole rings is 1. The Bertz CT molecular complexity index is 601. The minimum atomic E-state index is -0.194. The first-order valence-corrected chi connectivity index (χ1v) is 8.63. The summed E-state index contributed by atoms with van der Waals surface area (Å²) < 4.78 is 14.4. The molecule has 0 aliphatic carbocycles. The Morgan fingerprint density at radius 2 is 2.24 bits per heavy atom. The van der Waals surface area contributed by atoms with Crippen LogP contribution < -0.4 is 5.32 Å². The van der Waals surface area contributed by atoms with Crippen molar-refractivity contribution in [2.24, 2.45) is 0 Å². The molecule has 0 fully saturated rings. The van der Waals surface area contributed by atoms with E-state index in [2.05, 4.69) is 10.3 Å². The molecule has 0 saturated carbocycles. The minimum Gasteiger partial charge on any atom is -0.356 e. The number of hydrogen-bond donors (Lipinski definition) is 1. The molecule has 0 spiro atoms. The van der Waals surface area contributed by atoms with Crippen LogP contribution in [0.15, 0.2) is 34.0 Å². The molecule has 0 aliphatic rings. The van der Waals surface area contributed by atoms with Crippen molar-refractivity contribution in [3.8, 4) is 0 Å². The smallest absolute Gasteiger partial charge is 0.226 e. The van der Waals surface area contributed by atoms with Crippen molar-refractivity contribution < 1.29 is 9.18 Å². The summed E-state index contributed by atoms with van der Waals surface area (Å²) in [5.41, 5.74) is 1.43. The molecule has 1 amide bonds. The zero-order valence-corrected chi connectivity index (χ0v) is 13.4. The first-order valence-electron chi connectivity index (χ1n) is 6.76. The number of nitrogens with one attached hydrogen (secondary N) is 1. The number of amides is 1. The summed E-state index contributed by atoms with van der Waals surface area (Å²) in [6.07, 6.45) is 1.23. The monoisotopic (exact) mass is 324 g/mol. The Kier molecular flexibility index (Phi) is 6.20. The van der Waals surface area contributed by atoms with Crippen molar-refractivity contribution >= 4 is 29.0 Å². The molecule has 2 aromatic rings. The molecular formula is C15H17FN2OS2. The fourth-order valence-corrected chi connectivity index (χ4v) is 3.51. The van der Waals surface area contributed by atoms with Crippen LogP contribution in [0.25, 0.3) is 0 Å². The first-order chi connectivity index (χ1) is 10.2. The molecular weight excluding hydrogens is 307 g/mol. The molecule has 6 heteroatoms. The molecule has 1 aromatic heterocycles. The number of halogens is 1. The van der Waals surface area contributed by atoms with Crippen LogP contribution in [-0.4, -0.2) is 17.4 Å². The van der Waals surface area contributed by atoms with E-state index in [9.17, 15) is 9.18 Å². The average Bonchev–Trinajstić information content (AvgIpc) is 2.92. The Morgan fingerprint density at radius 1 is 1.43 bits per heavy atom. The van der Waals surface area contributed by atoms with Crippen LogP contribution in [0.2, 0.25) is 0 Å². The van der Waals surface area contributed by atoms with Crippen LogP contribution in [0, 0.1) is 5.82 Å². The minimum absolute atomic E-state index is 0.00666. The molecule has 0 atom stereocenters. The number of benzene rings is 1. The van der Waals surface area contributed by atoms with E-state index >= 15 is 0 Å². The molecule has 0 unspecified atom stereocenters. The second kappa shape index (κ2) is 8.14. The predicted octanol–water partition coefficient (Wildman–Crippen LogP) is 3.64. The number of carbonyl (C=O) groups excluding carboxylic acids is 1. The van der Waals surface area contributed by atoms with Gasteiger partial charge in [-0.15, -0.1) is 11.3 Å². The van der Waals surface area contributed by atoms with Gasteiger partial charge in [-0.3, -0.25) is 4.79 Å². The fraction of sp³-hybridized carbons (Fsp3) is 0.333. The normalized spacial score (nSPS) is 10.6. The van der Waals surface area contributed by atoms with Crippen molar-refractivity contribution in [1.29, 1.82) is 0 Å². The Balaban J connectivity index is 1.86. The third kappa shape index (κ3) is 5.13. The summed E-state index contributed by atoms with van der Waals surface area (Å²) in [5, 5.41) is 4.71. The molecule has 1 heterocycles. The largest absolute Gasteiger partial charge is 0.356 e. The van der Waals surface area contributed by atoms with Gasteiger partial charge in [0.2, 0.25) is 5.91 Å². The lowest BCUT2D eigenvalue weighted by Crippen LogP contribution is -2.25. The van der Waals surface area contributed by atoms with Crippen molar-refractivity contribution in [3.05, 3.63) is 46.7 Å². The van der Waals surface area contributed by atoms with E-state index in [0.717, 1.165) is 16.5 Å². The van der Waals surface area contributed by atoms with Gasteiger partial charge in [0, 0.05) is 17.7 Å². The van der Waals surface area contributed by atoms with Crippen molar-refractivity contribution in [2.75, 3.05) is 6.54 Å². The Labute approximate surface area is 132 Å². The maximum Gasteiger partial charge on any atom is 0.226 e. The van der Waals surface area contributed by atoms with E-state index < -0.39 is 0 Å². The molecule has 3 nitrogen and oxygen atoms in total. The van der Waals surface area contributed by atoms with E-state index in [1.807, 2.05) is 18.4 Å². The quantitative estimate of drug-likeness (QED) is 0.791. The standard InChI is InChI=1S/C15H17FN2OS2/c1-2-7-17-14(19)8-12-10-21-15(18-12)20-9-11-5-3-4-6-13(11)16/h3-6,10H,2,7-9H2,1H3,(H,17,19). The van der Waals surface area contributed by atoms with Gasteiger partial charge in [-0.2, -0.15) is 0 Å². The van der Waals surface area contributed by atoms with Gasteiger partial charge in [-0.1, -0.05) is 36.9 Å². The van der Waals surface area contributed by atoms with Gasteiger partial charge in [0.25, 0.3) is 0 Å². The number of rotatable bonds is 7. The van der Waals surface area contributed by atoms with Crippen molar-refractivity contribution in [3.63, 3.8) is 0 Å². The predicted molar refractivity (Wildman–Crippen MR) is 85.1 cm³/mol. The zero-order valence-electron chi connectivity index (χ0n) is 11.8. The van der Waals surface area contributed by atoms with Crippen LogP contribution in [-0.2, 0) is 17.0 Å². The number of aromatic nitrogens is 1. The molecule has 21 heavy (non-hydrogen) atoms. The maximum atomic E-state index is 13.5. The Morgan fingerprint density at radius 3 is 3.00 bits per heavy atom. The van der Waals surface area contributed by atoms with Gasteiger partial charge >= 0.3 is 0 Å². The Hall–Kier alpha value is -1.40. The molecule has 0 saturated heterocycles. The van der Waals surface area contributed by atoms with E-state index in [1.54, 1.807) is 12.1 Å². The molecule has 0 aliphatic heterocycles. The lowest BCUT2D eigenvalue weighted by Gasteiger charge is -2.01. The second-order valence-electron chi connectivity index (χ2n) is 4.51. The lowest BCUT2D eigenvalue weighted by molar-refractivity contribution is -0.120. The van der Waals surface area contributed by atoms with E-state index in [0.29, 0.717) is 24.3 Å². The average molecular weight is 324 g/mol. The van der Waals surface area contributed by atoms with Gasteiger partial charge in [0.05, 0.1) is 12.1 Å². The fourth-order valence-electron chi connectivity index (χ4n) is 1.68. The van der Waals surface area contributed by atoms with Crippen LogP contribution in [0.1, 0.15) is 24.6 Å². The van der Waals surface area contributed by atoms with Gasteiger partial charge in [0.15, 0.2) is 0 Å². The highest BCUT2D eigenvalue weighted by Crippen LogP contribution is 2.27. The van der Waals surface area contributed by atoms with Gasteiger partial charge in [-0.25, -0.2) is 9.37 Å². The van der Waals surface area contributed by atoms with Gasteiger partial charge in [-0.05, 0) is 18.1 Å². The summed E-state index contributed by atoms with van der Waals surface area (Å²) in [5.74, 6) is 0.343. The molecule has 2 rings (SSSR count). The maximum absolute atomic E-state index is 13.5. The third-order valence-electron chi connectivity index (χ3n) is 2.75. The highest BCUT2D eigenvalue weighted by atomic mass is 32.2. The van der Waals surface area contributed by atoms with Crippen LogP contribution in [0.4, 0.5) is 4.39 Å². The molecule has 1 aromatic carbocycles. The van der Waals surface area contributed by atoms with E-state index in [1.165, 1.54) is 29.2 Å². The third-order valence-corrected chi connectivity index (χ3v) is 4.87. The lowest BCUT2D eigenvalue weighted by atomic mass is 10.2. The number of nitrogens with zero attached hydrogens (tertiary/aromatic N) is 1. The highest BCUT2D eigenvalue weighted by molar-refractivity contribution is 8.00. The summed E-state index contributed by atoms with van der Waals surface area (Å²) in [7, 11) is 0. The summed E-state index contributed by atoms with van der Waals surface area (Å²) in [6.45, 7) is 2.71. The van der Waals surface area contributed by atoms with E-state index in [4.69, 9.17) is 0 Å². The number of carbonyl (C=O) groups is 1. The number of thioether (sulfide) groups is 1. The van der Waals surface area contributed by atoms with Gasteiger partial charge in [0.1, 0.15) is 10.2 Å². The van der Waals surface area contributed by atoms with Crippen LogP contribution >= 0.6 is 23.1 Å². The summed E-state index contributed by atoms with van der Waals surface area (Å²) in [6, 6.07) is 6.74. The molecule has 0 radical (unpaired) electrons. The summed E-state index contributed by atoms with van der Waals surface area (Å²) in [4.78, 5) is 16.0. The van der Waals surface area contributed by atoms with Gasteiger partial charge < -0.3 is 5.32 Å². The molecule has 0 bridgehead atoms. The van der Waals surface area contributed by atoms with Crippen molar-refractivity contribution in [1.82, 2.24) is 10.3 Å². The molecule has 1 N–H and O–H groups in total. The second-order valence-corrected chi connectivity index (χ2v) is 6.59.